The van der Waals surface area contributed by atoms with Crippen LogP contribution in [-0.2, 0) is 0 Å². The van der Waals surface area contributed by atoms with E-state index in [1.165, 1.54) is 6.42 Å². The minimum Gasteiger partial charge on any atom is -0.349 e. The van der Waals surface area contributed by atoms with Crippen molar-refractivity contribution in [2.75, 3.05) is 0 Å². The van der Waals surface area contributed by atoms with E-state index in [1.807, 2.05) is 19.1 Å². The summed E-state index contributed by atoms with van der Waals surface area (Å²) in [7, 11) is 0. The average molecular weight is 301 g/mol. The monoisotopic (exact) mass is 301 g/mol. The molecule has 0 aromatic carbocycles. The van der Waals surface area contributed by atoms with Crippen molar-refractivity contribution in [3.05, 3.63) is 29.1 Å². The number of nitrogens with two attached hydrogens (primary N) is 1. The van der Waals surface area contributed by atoms with Crippen LogP contribution >= 0.6 is 0 Å². The summed E-state index contributed by atoms with van der Waals surface area (Å²) in [5.74, 6) is 0.275. The highest BCUT2D eigenvalue weighted by Gasteiger charge is 2.52. The molecule has 1 amide bonds. The fourth-order valence-corrected chi connectivity index (χ4v) is 3.76. The number of carbonyl (C=O) groups excluding carboxylic acids is 1. The van der Waals surface area contributed by atoms with E-state index in [0.717, 1.165) is 42.6 Å². The smallest absolute Gasteiger partial charge is 0.253 e. The molecule has 120 valence electrons. The summed E-state index contributed by atoms with van der Waals surface area (Å²) in [5.41, 5.74) is 9.04. The summed E-state index contributed by atoms with van der Waals surface area (Å²) in [4.78, 5) is 17.2. The fourth-order valence-electron chi connectivity index (χ4n) is 3.76. The minimum atomic E-state index is 0.0252. The largest absolute Gasteiger partial charge is 0.349 e. The second-order valence-electron chi connectivity index (χ2n) is 7.46. The lowest BCUT2D eigenvalue weighted by Gasteiger charge is -2.30. The number of aryl methyl sites for hydroxylation is 1. The molecule has 0 saturated heterocycles. The first-order chi connectivity index (χ1) is 10.4. The first kappa shape index (κ1) is 15.5. The predicted octanol–water partition coefficient (Wildman–Crippen LogP) is 2.90. The fraction of sp³-hybridized carbons (Fsp3) is 0.667. The SMILES string of the molecule is Cc1ccc(C(=O)NC2CCC3(CC2)C[C@@H]3N)c(C(C)C)n1. The molecule has 2 aliphatic carbocycles. The number of amides is 1. The Morgan fingerprint density at radius 1 is 1.36 bits per heavy atom. The molecule has 1 atom stereocenters. The van der Waals surface area contributed by atoms with Crippen LogP contribution in [0.25, 0.3) is 0 Å². The standard InChI is InChI=1S/C18H27N3O/c1-11(2)16-14(5-4-12(3)20-16)17(22)21-13-6-8-18(9-7-13)10-15(18)19/h4-5,11,13,15H,6-10,19H2,1-3H3,(H,21,22)/t13?,15-,18?/m0/s1. The first-order valence-corrected chi connectivity index (χ1v) is 8.45. The molecule has 2 fully saturated rings. The Kier molecular flexibility index (Phi) is 3.98. The molecule has 4 nitrogen and oxygen atoms in total. The third-order valence-electron chi connectivity index (χ3n) is 5.42. The molecule has 0 bridgehead atoms. The molecule has 3 rings (SSSR count). The van der Waals surface area contributed by atoms with Gasteiger partial charge in [0.15, 0.2) is 0 Å². The third-order valence-corrected chi connectivity index (χ3v) is 5.42. The third kappa shape index (κ3) is 2.89. The van der Waals surface area contributed by atoms with Crippen LogP contribution in [0.2, 0.25) is 0 Å². The topological polar surface area (TPSA) is 68.0 Å². The van der Waals surface area contributed by atoms with Crippen LogP contribution in [0.15, 0.2) is 12.1 Å². The average Bonchev–Trinajstić information content (AvgIpc) is 3.10. The molecule has 0 radical (unpaired) electrons. The van der Waals surface area contributed by atoms with Gasteiger partial charge in [-0.25, -0.2) is 0 Å². The van der Waals surface area contributed by atoms with Gasteiger partial charge in [0.2, 0.25) is 0 Å². The molecule has 1 spiro atoms. The highest BCUT2D eigenvalue weighted by atomic mass is 16.1. The van der Waals surface area contributed by atoms with E-state index >= 15 is 0 Å². The highest BCUT2D eigenvalue weighted by Crippen LogP contribution is 2.55. The number of carbonyl (C=O) groups is 1. The molecule has 1 aromatic rings. The lowest BCUT2D eigenvalue weighted by atomic mass is 9.82. The summed E-state index contributed by atoms with van der Waals surface area (Å²) >= 11 is 0. The summed E-state index contributed by atoms with van der Waals surface area (Å²) in [6, 6.07) is 4.51. The van der Waals surface area contributed by atoms with Gasteiger partial charge < -0.3 is 11.1 Å². The van der Waals surface area contributed by atoms with Crippen molar-refractivity contribution in [2.24, 2.45) is 11.1 Å². The van der Waals surface area contributed by atoms with E-state index in [0.29, 0.717) is 11.5 Å². The van der Waals surface area contributed by atoms with Gasteiger partial charge in [-0.1, -0.05) is 13.8 Å². The second-order valence-corrected chi connectivity index (χ2v) is 7.46. The number of nitrogens with one attached hydrogen (secondary N) is 1. The molecule has 3 N–H and O–H groups in total. The van der Waals surface area contributed by atoms with Crippen LogP contribution in [0.1, 0.15) is 73.6 Å². The Hall–Kier alpha value is -1.42. The maximum atomic E-state index is 12.6. The van der Waals surface area contributed by atoms with Crippen LogP contribution in [0.3, 0.4) is 0 Å². The van der Waals surface area contributed by atoms with E-state index in [2.05, 4.69) is 24.1 Å². The first-order valence-electron chi connectivity index (χ1n) is 8.45. The number of rotatable bonds is 3. The van der Waals surface area contributed by atoms with E-state index in [-0.39, 0.29) is 17.9 Å². The second kappa shape index (κ2) is 5.65. The number of aromatic nitrogens is 1. The van der Waals surface area contributed by atoms with Gasteiger partial charge in [0.05, 0.1) is 11.3 Å². The van der Waals surface area contributed by atoms with Crippen LogP contribution in [0.5, 0.6) is 0 Å². The molecule has 4 heteroatoms. The summed E-state index contributed by atoms with van der Waals surface area (Å²) < 4.78 is 0. The Labute approximate surface area is 132 Å². The Bertz CT molecular complexity index is 574. The summed E-state index contributed by atoms with van der Waals surface area (Å²) in [6.07, 6.45) is 5.59. The van der Waals surface area contributed by atoms with Gasteiger partial charge in [-0.3, -0.25) is 9.78 Å². The molecule has 22 heavy (non-hydrogen) atoms. The molecule has 0 unspecified atom stereocenters. The zero-order valence-corrected chi connectivity index (χ0v) is 13.9. The lowest BCUT2D eigenvalue weighted by Crippen LogP contribution is -2.39. The van der Waals surface area contributed by atoms with Crippen molar-refractivity contribution < 1.29 is 4.79 Å². The number of nitrogens with zero attached hydrogens (tertiary/aromatic N) is 1. The van der Waals surface area contributed by atoms with Crippen molar-refractivity contribution in [1.82, 2.24) is 10.3 Å². The van der Waals surface area contributed by atoms with Crippen molar-refractivity contribution in [3.8, 4) is 0 Å². The van der Waals surface area contributed by atoms with Crippen LogP contribution < -0.4 is 11.1 Å². The summed E-state index contributed by atoms with van der Waals surface area (Å²) in [6.45, 7) is 6.13. The van der Waals surface area contributed by atoms with Crippen molar-refractivity contribution in [2.45, 2.75) is 70.9 Å². The Morgan fingerprint density at radius 2 is 2.00 bits per heavy atom. The number of hydrogen-bond acceptors (Lipinski definition) is 3. The lowest BCUT2D eigenvalue weighted by molar-refractivity contribution is 0.0917. The highest BCUT2D eigenvalue weighted by molar-refractivity contribution is 5.95. The Morgan fingerprint density at radius 3 is 2.55 bits per heavy atom. The van der Waals surface area contributed by atoms with Gasteiger partial charge in [0, 0.05) is 17.8 Å². The molecule has 0 aliphatic heterocycles. The quantitative estimate of drug-likeness (QED) is 0.902. The van der Waals surface area contributed by atoms with Crippen LogP contribution in [-0.4, -0.2) is 23.0 Å². The molecule has 1 heterocycles. The zero-order chi connectivity index (χ0) is 15.9. The van der Waals surface area contributed by atoms with Crippen molar-refractivity contribution >= 4 is 5.91 Å². The van der Waals surface area contributed by atoms with E-state index in [1.54, 1.807) is 0 Å². The maximum absolute atomic E-state index is 12.6. The van der Waals surface area contributed by atoms with E-state index < -0.39 is 0 Å². The predicted molar refractivity (Wildman–Crippen MR) is 87.8 cm³/mol. The molecular formula is C18H27N3O. The van der Waals surface area contributed by atoms with E-state index in [9.17, 15) is 4.79 Å². The molecule has 1 aromatic heterocycles. The summed E-state index contributed by atoms with van der Waals surface area (Å²) in [5, 5.41) is 3.21. The molecule has 2 aliphatic rings. The van der Waals surface area contributed by atoms with Gasteiger partial charge >= 0.3 is 0 Å². The molecular weight excluding hydrogens is 274 g/mol. The van der Waals surface area contributed by atoms with E-state index in [4.69, 9.17) is 5.73 Å². The normalized spacial score (nSPS) is 30.6. The Balaban J connectivity index is 1.65. The van der Waals surface area contributed by atoms with Crippen LogP contribution in [0, 0.1) is 12.3 Å². The van der Waals surface area contributed by atoms with Gasteiger partial charge in [0.25, 0.3) is 5.91 Å². The minimum absolute atomic E-state index is 0.0252. The number of pyridine rings is 1. The van der Waals surface area contributed by atoms with Gasteiger partial charge in [-0.15, -0.1) is 0 Å². The van der Waals surface area contributed by atoms with Gasteiger partial charge in [0.1, 0.15) is 0 Å². The van der Waals surface area contributed by atoms with Gasteiger partial charge in [-0.2, -0.15) is 0 Å². The van der Waals surface area contributed by atoms with Crippen molar-refractivity contribution in [1.29, 1.82) is 0 Å². The molecule has 2 saturated carbocycles. The number of hydrogen-bond donors (Lipinski definition) is 2. The van der Waals surface area contributed by atoms with Gasteiger partial charge in [-0.05, 0) is 62.5 Å². The zero-order valence-electron chi connectivity index (χ0n) is 13.9. The van der Waals surface area contributed by atoms with Crippen LogP contribution in [0.4, 0.5) is 0 Å². The maximum Gasteiger partial charge on any atom is 0.253 e. The van der Waals surface area contributed by atoms with Crippen molar-refractivity contribution in [3.63, 3.8) is 0 Å².